The van der Waals surface area contributed by atoms with Crippen LogP contribution in [0.4, 0.5) is 10.5 Å². The summed E-state index contributed by atoms with van der Waals surface area (Å²) in [6.45, 7) is 5.66. The molecule has 0 saturated carbocycles. The van der Waals surface area contributed by atoms with E-state index in [4.69, 9.17) is 4.74 Å². The molecule has 0 radical (unpaired) electrons. The summed E-state index contributed by atoms with van der Waals surface area (Å²) in [5, 5.41) is 2.56. The molecule has 1 aliphatic heterocycles. The van der Waals surface area contributed by atoms with Crippen LogP contribution in [-0.2, 0) is 16.1 Å². The lowest BCUT2D eigenvalue weighted by molar-refractivity contribution is -0.118. The lowest BCUT2D eigenvalue weighted by Crippen LogP contribution is -2.42. The molecular formula is C22H24N2O3. The predicted octanol–water partition coefficient (Wildman–Crippen LogP) is 4.23. The highest BCUT2D eigenvalue weighted by Crippen LogP contribution is 2.28. The third-order valence-electron chi connectivity index (χ3n) is 4.14. The number of rotatable bonds is 2. The average Bonchev–Trinajstić information content (AvgIpc) is 2.60. The van der Waals surface area contributed by atoms with Crippen LogP contribution in [0.1, 0.15) is 37.5 Å². The first-order valence-corrected chi connectivity index (χ1v) is 8.96. The Kier molecular flexibility index (Phi) is 5.31. The fraction of sp³-hybridized carbons (Fsp3) is 0.273. The summed E-state index contributed by atoms with van der Waals surface area (Å²) in [5.74, 6) is -0.196. The van der Waals surface area contributed by atoms with Crippen LogP contribution in [0.3, 0.4) is 0 Å². The summed E-state index contributed by atoms with van der Waals surface area (Å²) in [5.41, 5.74) is 3.29. The molecule has 1 heterocycles. The maximum absolute atomic E-state index is 12.9. The van der Waals surface area contributed by atoms with E-state index in [1.165, 1.54) is 0 Å². The Balaban J connectivity index is 1.84. The highest BCUT2D eigenvalue weighted by molar-refractivity contribution is 5.99. The van der Waals surface area contributed by atoms with Crippen LogP contribution in [-0.4, -0.2) is 24.1 Å². The van der Waals surface area contributed by atoms with Gasteiger partial charge in [0.2, 0.25) is 5.91 Å². The first-order valence-electron chi connectivity index (χ1n) is 8.96. The number of hydrogen-bond acceptors (Lipinski definition) is 3. The van der Waals surface area contributed by atoms with Crippen molar-refractivity contribution in [3.8, 4) is 0 Å². The average molecular weight is 364 g/mol. The molecule has 0 saturated heterocycles. The number of hydrogen-bond donors (Lipinski definition) is 1. The van der Waals surface area contributed by atoms with E-state index in [2.05, 4.69) is 11.4 Å². The van der Waals surface area contributed by atoms with Gasteiger partial charge in [0.05, 0.1) is 12.2 Å². The topological polar surface area (TPSA) is 58.6 Å². The van der Waals surface area contributed by atoms with Crippen molar-refractivity contribution in [3.63, 3.8) is 0 Å². The van der Waals surface area contributed by atoms with E-state index in [0.29, 0.717) is 6.54 Å². The number of carbonyl (C=O) groups is 2. The quantitative estimate of drug-likeness (QED) is 0.868. The number of nitrogens with zero attached hydrogens (tertiary/aromatic N) is 1. The zero-order valence-electron chi connectivity index (χ0n) is 15.9. The van der Waals surface area contributed by atoms with E-state index in [0.717, 1.165) is 22.4 Å². The van der Waals surface area contributed by atoms with Gasteiger partial charge in [-0.05, 0) is 43.5 Å². The molecule has 0 aliphatic carbocycles. The Bertz CT molecular complexity index is 881. The molecular weight excluding hydrogens is 340 g/mol. The van der Waals surface area contributed by atoms with Gasteiger partial charge in [0.15, 0.2) is 0 Å². The van der Waals surface area contributed by atoms with Gasteiger partial charge >= 0.3 is 6.09 Å². The second-order valence-electron chi connectivity index (χ2n) is 7.43. The van der Waals surface area contributed by atoms with E-state index in [1.54, 1.807) is 25.7 Å². The highest BCUT2D eigenvalue weighted by atomic mass is 16.6. The van der Waals surface area contributed by atoms with Crippen LogP contribution in [0.5, 0.6) is 0 Å². The first kappa shape index (κ1) is 18.7. The van der Waals surface area contributed by atoms with Crippen LogP contribution in [0.2, 0.25) is 0 Å². The van der Waals surface area contributed by atoms with Gasteiger partial charge < -0.3 is 15.0 Å². The normalized spacial score (nSPS) is 14.3. The molecule has 0 bridgehead atoms. The van der Waals surface area contributed by atoms with Crippen LogP contribution in [0, 0.1) is 0 Å². The maximum atomic E-state index is 12.9. The van der Waals surface area contributed by atoms with Gasteiger partial charge in [-0.2, -0.15) is 0 Å². The lowest BCUT2D eigenvalue weighted by atomic mass is 10.0. The molecule has 0 atom stereocenters. The minimum atomic E-state index is -0.607. The largest absolute Gasteiger partial charge is 0.444 e. The van der Waals surface area contributed by atoms with E-state index in [-0.39, 0.29) is 12.5 Å². The zero-order chi connectivity index (χ0) is 19.4. The van der Waals surface area contributed by atoms with Crippen LogP contribution < -0.4 is 10.2 Å². The minimum Gasteiger partial charge on any atom is -0.444 e. The number of carbonyl (C=O) groups excluding carboxylic acids is 2. The molecule has 0 unspecified atom stereocenters. The van der Waals surface area contributed by atoms with Gasteiger partial charge in [-0.1, -0.05) is 54.6 Å². The van der Waals surface area contributed by atoms with Crippen molar-refractivity contribution in [2.24, 2.45) is 0 Å². The molecule has 0 fully saturated rings. The molecule has 2 aromatic carbocycles. The van der Waals surface area contributed by atoms with Crippen molar-refractivity contribution in [3.05, 3.63) is 65.2 Å². The number of amides is 2. The van der Waals surface area contributed by atoms with Crippen LogP contribution >= 0.6 is 0 Å². The summed E-state index contributed by atoms with van der Waals surface area (Å²) in [4.78, 5) is 26.5. The van der Waals surface area contributed by atoms with E-state index in [1.807, 2.05) is 54.6 Å². The van der Waals surface area contributed by atoms with Gasteiger partial charge in [0.25, 0.3) is 0 Å². The highest BCUT2D eigenvalue weighted by Gasteiger charge is 2.22. The number of nitrogens with one attached hydrogen (secondary N) is 1. The van der Waals surface area contributed by atoms with Gasteiger partial charge in [-0.3, -0.25) is 4.79 Å². The molecule has 5 heteroatoms. The van der Waals surface area contributed by atoms with E-state index < -0.39 is 11.7 Å². The second kappa shape index (κ2) is 7.66. The van der Waals surface area contributed by atoms with Crippen LogP contribution in [0.25, 0.3) is 12.2 Å². The summed E-state index contributed by atoms with van der Waals surface area (Å²) in [6.07, 6.45) is 3.47. The van der Waals surface area contributed by atoms with Crippen molar-refractivity contribution < 1.29 is 14.3 Å². The Morgan fingerprint density at radius 2 is 1.63 bits per heavy atom. The lowest BCUT2D eigenvalue weighted by Gasteiger charge is -2.27. The minimum absolute atomic E-state index is 0.130. The van der Waals surface area contributed by atoms with Crippen molar-refractivity contribution >= 4 is 29.8 Å². The Morgan fingerprint density at radius 1 is 1.00 bits per heavy atom. The summed E-state index contributed by atoms with van der Waals surface area (Å²) < 4.78 is 5.21. The number of ether oxygens (including phenoxy) is 1. The predicted molar refractivity (Wildman–Crippen MR) is 107 cm³/mol. The van der Waals surface area contributed by atoms with Gasteiger partial charge in [0.1, 0.15) is 12.1 Å². The fourth-order valence-electron chi connectivity index (χ4n) is 2.93. The Morgan fingerprint density at radius 3 is 2.37 bits per heavy atom. The molecule has 1 aliphatic rings. The van der Waals surface area contributed by atoms with E-state index >= 15 is 0 Å². The fourth-order valence-corrected chi connectivity index (χ4v) is 2.93. The molecule has 2 aromatic rings. The third-order valence-corrected chi connectivity index (χ3v) is 4.14. The summed E-state index contributed by atoms with van der Waals surface area (Å²) >= 11 is 0. The van der Waals surface area contributed by atoms with Crippen molar-refractivity contribution in [1.29, 1.82) is 0 Å². The summed E-state index contributed by atoms with van der Waals surface area (Å²) in [6, 6.07) is 15.7. The number of alkyl carbamates (subject to hydrolysis) is 1. The molecule has 140 valence electrons. The molecule has 0 aromatic heterocycles. The molecule has 1 N–H and O–H groups in total. The molecule has 3 rings (SSSR count). The number of fused-ring (bicyclic) bond motifs is 2. The number of para-hydroxylation sites is 1. The van der Waals surface area contributed by atoms with Gasteiger partial charge in [-0.25, -0.2) is 4.79 Å². The Hall–Kier alpha value is -3.08. The zero-order valence-corrected chi connectivity index (χ0v) is 15.9. The van der Waals surface area contributed by atoms with Crippen molar-refractivity contribution in [2.45, 2.75) is 32.9 Å². The SMILES string of the molecule is CC(C)(C)OC(=O)NCC(=O)N1Cc2ccccc2/C=C\c2ccccc21. The monoisotopic (exact) mass is 364 g/mol. The molecule has 0 spiro atoms. The number of anilines is 1. The molecule has 2 amide bonds. The van der Waals surface area contributed by atoms with Crippen molar-refractivity contribution in [2.75, 3.05) is 11.4 Å². The first-order chi connectivity index (χ1) is 12.8. The molecule has 5 nitrogen and oxygen atoms in total. The van der Waals surface area contributed by atoms with Gasteiger partial charge in [0, 0.05) is 0 Å². The summed E-state index contributed by atoms with van der Waals surface area (Å²) in [7, 11) is 0. The Labute approximate surface area is 159 Å². The third kappa shape index (κ3) is 4.76. The smallest absolute Gasteiger partial charge is 0.408 e. The standard InChI is InChI=1S/C22H24N2O3/c1-22(2,3)27-21(26)23-14-20(25)24-15-18-10-5-4-8-16(18)12-13-17-9-6-7-11-19(17)24/h4-13H,14-15H2,1-3H3,(H,23,26)/b13-12-. The maximum Gasteiger partial charge on any atom is 0.408 e. The van der Waals surface area contributed by atoms with Crippen LogP contribution in [0.15, 0.2) is 48.5 Å². The molecule has 27 heavy (non-hydrogen) atoms. The van der Waals surface area contributed by atoms with E-state index in [9.17, 15) is 9.59 Å². The second-order valence-corrected chi connectivity index (χ2v) is 7.43. The van der Waals surface area contributed by atoms with Gasteiger partial charge in [-0.15, -0.1) is 0 Å². The number of benzene rings is 2. The van der Waals surface area contributed by atoms with Crippen molar-refractivity contribution in [1.82, 2.24) is 5.32 Å².